The fraction of sp³-hybridized carbons (Fsp3) is 0.556. The van der Waals surface area contributed by atoms with Crippen molar-refractivity contribution in [3.63, 3.8) is 0 Å². The van der Waals surface area contributed by atoms with Crippen molar-refractivity contribution in [2.24, 2.45) is 5.92 Å². The van der Waals surface area contributed by atoms with Gasteiger partial charge in [0.15, 0.2) is 18.4 Å². The Morgan fingerprint density at radius 3 is 2.63 bits per heavy atom. The number of carbonyl (C=O) groups excluding carboxylic acids is 2. The number of esters is 1. The van der Waals surface area contributed by atoms with Crippen LogP contribution >= 0.6 is 0 Å². The first-order valence-electron chi connectivity index (χ1n) is 12.0. The van der Waals surface area contributed by atoms with Crippen LogP contribution in [-0.4, -0.2) is 61.5 Å². The highest BCUT2D eigenvalue weighted by molar-refractivity contribution is 5.97. The number of rotatable bonds is 6. The second kappa shape index (κ2) is 11.9. The summed E-state index contributed by atoms with van der Waals surface area (Å²) in [5.74, 6) is -1.47. The summed E-state index contributed by atoms with van der Waals surface area (Å²) in [6.07, 6.45) is 6.70. The molecule has 1 N–H and O–H groups in total. The molecule has 2 aliphatic heterocycles. The number of fused-ring (bicyclic) bond motifs is 2. The lowest BCUT2D eigenvalue weighted by Crippen LogP contribution is -2.30. The third-order valence-corrected chi connectivity index (χ3v) is 6.15. The monoisotopic (exact) mass is 488 g/mol. The first-order valence-corrected chi connectivity index (χ1v) is 12.0. The zero-order chi connectivity index (χ0) is 25.6. The number of aryl methyl sites for hydroxylation is 1. The summed E-state index contributed by atoms with van der Waals surface area (Å²) in [5, 5.41) is 9.38. The van der Waals surface area contributed by atoms with E-state index in [0.29, 0.717) is 36.1 Å². The van der Waals surface area contributed by atoms with Crippen LogP contribution in [0.3, 0.4) is 0 Å². The van der Waals surface area contributed by atoms with Crippen molar-refractivity contribution < 1.29 is 38.4 Å². The van der Waals surface area contributed by atoms with E-state index in [4.69, 9.17) is 23.7 Å². The smallest absolute Gasteiger partial charge is 0.342 e. The average Bonchev–Trinajstić information content (AvgIpc) is 3.13. The van der Waals surface area contributed by atoms with Crippen LogP contribution in [0.5, 0.6) is 5.75 Å². The topological polar surface area (TPSA) is 101 Å². The Morgan fingerprint density at radius 1 is 1.14 bits per heavy atom. The summed E-state index contributed by atoms with van der Waals surface area (Å²) in [6, 6.07) is 3.60. The Labute approximate surface area is 206 Å². The van der Waals surface area contributed by atoms with E-state index in [2.05, 4.69) is 0 Å². The van der Waals surface area contributed by atoms with Gasteiger partial charge in [0.25, 0.3) is 0 Å². The highest BCUT2D eigenvalue weighted by Gasteiger charge is 2.43. The van der Waals surface area contributed by atoms with E-state index in [1.807, 2.05) is 25.1 Å². The van der Waals surface area contributed by atoms with Crippen LogP contribution in [0.15, 0.2) is 30.4 Å². The van der Waals surface area contributed by atoms with Crippen molar-refractivity contribution in [3.05, 3.63) is 47.1 Å². The molecule has 192 valence electrons. The molecule has 3 rings (SSSR count). The minimum atomic E-state index is -0.885. The van der Waals surface area contributed by atoms with Crippen molar-refractivity contribution >= 4 is 17.8 Å². The molecule has 0 aromatic heterocycles. The molecule has 0 radical (unpaired) electrons. The summed E-state index contributed by atoms with van der Waals surface area (Å²) >= 11 is 0. The summed E-state index contributed by atoms with van der Waals surface area (Å²) in [6.45, 7) is 7.23. The molecule has 4 atom stereocenters. The molecule has 35 heavy (non-hydrogen) atoms. The largest absolute Gasteiger partial charge is 0.467 e. The molecule has 2 aliphatic rings. The van der Waals surface area contributed by atoms with E-state index in [0.717, 1.165) is 5.56 Å². The van der Waals surface area contributed by atoms with Crippen LogP contribution in [0.4, 0.5) is 0 Å². The SMILES string of the molecule is COCOc1ccc(CCCO)c2c1C(=O)O[C@@H](C)[C@H](C)/C=C\C(=O)[C@H]1OC(C)(C)O[C@H]1CC=C2. The van der Waals surface area contributed by atoms with E-state index in [9.17, 15) is 14.7 Å². The molecule has 0 spiro atoms. The molecule has 8 heteroatoms. The van der Waals surface area contributed by atoms with E-state index in [1.54, 1.807) is 32.9 Å². The van der Waals surface area contributed by atoms with Gasteiger partial charge in [-0.2, -0.15) is 0 Å². The van der Waals surface area contributed by atoms with Crippen LogP contribution < -0.4 is 4.74 Å². The van der Waals surface area contributed by atoms with E-state index < -0.39 is 30.1 Å². The number of ether oxygens (including phenoxy) is 5. The summed E-state index contributed by atoms with van der Waals surface area (Å²) < 4.78 is 28.5. The fourth-order valence-corrected chi connectivity index (χ4v) is 4.18. The molecular weight excluding hydrogens is 452 g/mol. The minimum Gasteiger partial charge on any atom is -0.467 e. The van der Waals surface area contributed by atoms with Gasteiger partial charge in [0.1, 0.15) is 23.5 Å². The normalized spacial score (nSPS) is 27.5. The molecule has 1 fully saturated rings. The summed E-state index contributed by atoms with van der Waals surface area (Å²) in [7, 11) is 1.51. The lowest BCUT2D eigenvalue weighted by molar-refractivity contribution is -0.152. The number of aliphatic hydroxyl groups excluding tert-OH is 1. The molecule has 0 unspecified atom stereocenters. The van der Waals surface area contributed by atoms with Crippen molar-refractivity contribution in [2.45, 2.75) is 71.1 Å². The summed E-state index contributed by atoms with van der Waals surface area (Å²) in [5.41, 5.74) is 1.81. The molecule has 1 aromatic carbocycles. The zero-order valence-corrected chi connectivity index (χ0v) is 21.1. The molecule has 0 saturated carbocycles. The van der Waals surface area contributed by atoms with Crippen molar-refractivity contribution in [2.75, 3.05) is 20.5 Å². The van der Waals surface area contributed by atoms with Crippen molar-refractivity contribution in [3.8, 4) is 5.75 Å². The highest BCUT2D eigenvalue weighted by Crippen LogP contribution is 2.33. The lowest BCUT2D eigenvalue weighted by Gasteiger charge is -2.22. The van der Waals surface area contributed by atoms with Crippen LogP contribution in [0.25, 0.3) is 6.08 Å². The van der Waals surface area contributed by atoms with Crippen molar-refractivity contribution in [1.82, 2.24) is 0 Å². The third kappa shape index (κ3) is 6.79. The fourth-order valence-electron chi connectivity index (χ4n) is 4.18. The maximum Gasteiger partial charge on any atom is 0.342 e. The highest BCUT2D eigenvalue weighted by atomic mass is 16.8. The Balaban J connectivity index is 2.10. The maximum atomic E-state index is 13.4. The molecule has 1 saturated heterocycles. The molecule has 0 aliphatic carbocycles. The van der Waals surface area contributed by atoms with Gasteiger partial charge in [-0.3, -0.25) is 4.79 Å². The number of methoxy groups -OCH3 is 1. The van der Waals surface area contributed by atoms with Gasteiger partial charge >= 0.3 is 5.97 Å². The molecular formula is C27H36O8. The van der Waals surface area contributed by atoms with Crippen LogP contribution in [-0.2, 0) is 30.2 Å². The van der Waals surface area contributed by atoms with Gasteiger partial charge in [-0.1, -0.05) is 31.2 Å². The first kappa shape index (κ1) is 27.1. The van der Waals surface area contributed by atoms with Gasteiger partial charge in [-0.15, -0.1) is 0 Å². The first-order chi connectivity index (χ1) is 16.7. The predicted molar refractivity (Wildman–Crippen MR) is 130 cm³/mol. The minimum absolute atomic E-state index is 0.0257. The second-order valence-electron chi connectivity index (χ2n) is 9.35. The van der Waals surface area contributed by atoms with Gasteiger partial charge in [0.05, 0.1) is 6.10 Å². The number of hydrogen-bond donors (Lipinski definition) is 1. The molecule has 0 bridgehead atoms. The number of hydrogen-bond acceptors (Lipinski definition) is 8. The number of cyclic esters (lactones) is 1. The van der Waals surface area contributed by atoms with Crippen LogP contribution in [0, 0.1) is 5.92 Å². The number of benzene rings is 1. The van der Waals surface area contributed by atoms with Crippen molar-refractivity contribution in [1.29, 1.82) is 0 Å². The Bertz CT molecular complexity index is 964. The quantitative estimate of drug-likeness (QED) is 0.476. The Morgan fingerprint density at radius 2 is 1.91 bits per heavy atom. The van der Waals surface area contributed by atoms with Gasteiger partial charge in [-0.25, -0.2) is 4.79 Å². The van der Waals surface area contributed by atoms with Gasteiger partial charge in [-0.05, 0) is 63.3 Å². The predicted octanol–water partition coefficient (Wildman–Crippen LogP) is 3.84. The third-order valence-electron chi connectivity index (χ3n) is 6.15. The maximum absolute atomic E-state index is 13.4. The lowest BCUT2D eigenvalue weighted by atomic mass is 9.95. The molecule has 2 heterocycles. The standard InChI is InChI=1S/C27H36O8/c1-17-11-13-21(29)25-23(34-27(3,4)35-25)10-6-9-20-19(8-7-15-28)12-14-22(32-16-31-5)24(20)26(30)33-18(17)2/h6,9,11-14,17-18,23,25,28H,7-8,10,15-16H2,1-5H3/b9-6?,13-11-/t17-,18+,23+,25-/m1/s1. The van der Waals surface area contributed by atoms with Crippen LogP contribution in [0.2, 0.25) is 0 Å². The summed E-state index contributed by atoms with van der Waals surface area (Å²) in [4.78, 5) is 26.3. The van der Waals surface area contributed by atoms with Gasteiger partial charge < -0.3 is 28.8 Å². The number of ketones is 1. The van der Waals surface area contributed by atoms with E-state index >= 15 is 0 Å². The molecule has 0 amide bonds. The number of aliphatic hydroxyl groups is 1. The Kier molecular flexibility index (Phi) is 9.24. The number of carbonyl (C=O) groups is 2. The Hall–Kier alpha value is -2.52. The molecule has 8 nitrogen and oxygen atoms in total. The zero-order valence-electron chi connectivity index (χ0n) is 21.1. The average molecular weight is 489 g/mol. The van der Waals surface area contributed by atoms with Gasteiger partial charge in [0.2, 0.25) is 0 Å². The second-order valence-corrected chi connectivity index (χ2v) is 9.35. The van der Waals surface area contributed by atoms with E-state index in [1.165, 1.54) is 13.2 Å². The van der Waals surface area contributed by atoms with Gasteiger partial charge in [0, 0.05) is 19.6 Å². The van der Waals surface area contributed by atoms with E-state index in [-0.39, 0.29) is 25.1 Å². The molecule has 1 aromatic rings. The van der Waals surface area contributed by atoms with Crippen LogP contribution in [0.1, 0.15) is 62.0 Å².